The molecule has 378 valence electrons. The predicted molar refractivity (Wildman–Crippen MR) is 308 cm³/mol. The van der Waals surface area contributed by atoms with Crippen LogP contribution < -0.4 is 0 Å². The van der Waals surface area contributed by atoms with Crippen LogP contribution in [0.4, 0.5) is 0 Å². The van der Waals surface area contributed by atoms with Crippen LogP contribution in [0.2, 0.25) is 0 Å². The molecule has 2 saturated heterocycles. The van der Waals surface area contributed by atoms with Crippen LogP contribution in [-0.2, 0) is 42.7 Å². The van der Waals surface area contributed by atoms with Gasteiger partial charge < -0.3 is 0 Å². The van der Waals surface area contributed by atoms with Crippen molar-refractivity contribution in [2.24, 2.45) is 0 Å². The van der Waals surface area contributed by atoms with Gasteiger partial charge >= 0.3 is 0 Å². The number of rotatable bonds is 12. The molecule has 4 aromatic carbocycles. The zero-order valence-electron chi connectivity index (χ0n) is 42.6. The summed E-state index contributed by atoms with van der Waals surface area (Å²) >= 11 is 0. The van der Waals surface area contributed by atoms with Gasteiger partial charge in [-0.2, -0.15) is 0 Å². The molecule has 0 spiro atoms. The first-order valence-corrected chi connectivity index (χ1v) is 36.1. The fourth-order valence-corrected chi connectivity index (χ4v) is 28.3. The van der Waals surface area contributed by atoms with Crippen LogP contribution in [0.15, 0.2) is 121 Å². The molecule has 0 atom stereocenters. The number of hydrogen-bond acceptors (Lipinski definition) is 4. The molecule has 4 aromatic rings. The van der Waals surface area contributed by atoms with Gasteiger partial charge in [0.1, 0.15) is 50.3 Å². The molecule has 0 radical (unpaired) electrons. The molecule has 0 N–H and O–H groups in total. The Morgan fingerprint density at radius 2 is 0.435 bits per heavy atom. The normalized spacial score (nSPS) is 26.3. The van der Waals surface area contributed by atoms with E-state index < -0.39 is 31.7 Å². The van der Waals surface area contributed by atoms with Gasteiger partial charge in [0.15, 0.2) is 0 Å². The van der Waals surface area contributed by atoms with Crippen LogP contribution in [-0.4, -0.2) is 92.5 Å². The molecule has 0 aromatic heterocycles. The molecule has 2 aliphatic heterocycles. The summed E-state index contributed by atoms with van der Waals surface area (Å²) in [5.74, 6) is 0. The second-order valence-corrected chi connectivity index (χ2v) is 33.6. The largest absolute Gasteiger partial charge is 0.234 e. The number of nitrogens with zero attached hydrogens (tertiary/aromatic N) is 4. The molecule has 6 aliphatic rings. The van der Waals surface area contributed by atoms with E-state index in [1.54, 1.807) is 0 Å². The minimum atomic E-state index is -0.427. The van der Waals surface area contributed by atoms with Gasteiger partial charge in [0.05, 0.1) is 22.6 Å². The van der Waals surface area contributed by atoms with Crippen LogP contribution >= 0.6 is 31.7 Å². The molecule has 6 fully saturated rings. The Morgan fingerprint density at radius 3 is 0.609 bits per heavy atom. The van der Waals surface area contributed by atoms with Crippen molar-refractivity contribution in [3.8, 4) is 0 Å². The molecule has 2 heterocycles. The maximum Gasteiger partial charge on any atom is 0.114 e. The molecular weight excluding hydrogens is 959 g/mol. The standard InChI is InChI=1S/2C30H44N2P2.Ni/c2*1-5-13-27(14-6-1)21-31-23-33(29-17-9-3-10-18-29)25-32(22-28-15-7-2-8-16-28)26-34(24-31)30-19-11-4-12-20-30;/h2*1-2,5-8,13-16,29-30H,3-4,9-12,17-26H2;/p+4. The first-order valence-electron chi connectivity index (χ1n) is 28.1. The summed E-state index contributed by atoms with van der Waals surface area (Å²) in [5, 5.41) is 0. The predicted octanol–water partition coefficient (Wildman–Crippen LogP) is 15.9. The maximum absolute atomic E-state index is 2.97. The van der Waals surface area contributed by atoms with E-state index in [0.717, 1.165) is 22.6 Å². The Hall–Kier alpha value is -1.07. The Balaban J connectivity index is 0.000000183. The zero-order chi connectivity index (χ0) is 46.0. The van der Waals surface area contributed by atoms with Gasteiger partial charge in [-0.15, -0.1) is 0 Å². The number of hydrogen-bond donors (Lipinski definition) is 0. The van der Waals surface area contributed by atoms with Gasteiger partial charge in [0, 0.05) is 74.4 Å². The average molecular weight is 1050 g/mol. The van der Waals surface area contributed by atoms with E-state index in [4.69, 9.17) is 0 Å². The van der Waals surface area contributed by atoms with Crippen molar-refractivity contribution in [3.63, 3.8) is 0 Å². The van der Waals surface area contributed by atoms with Crippen LogP contribution in [0.1, 0.15) is 151 Å². The first-order chi connectivity index (χ1) is 33.7. The van der Waals surface area contributed by atoms with E-state index in [9.17, 15) is 0 Å². The third-order valence-electron chi connectivity index (χ3n) is 17.1. The van der Waals surface area contributed by atoms with Crippen LogP contribution in [0.5, 0.6) is 0 Å². The van der Waals surface area contributed by atoms with E-state index in [1.807, 2.05) is 0 Å². The fraction of sp³-hybridized carbons (Fsp3) is 0.600. The summed E-state index contributed by atoms with van der Waals surface area (Å²) in [7, 11) is -1.71. The van der Waals surface area contributed by atoms with E-state index in [1.165, 1.54) is 227 Å². The van der Waals surface area contributed by atoms with E-state index in [0.29, 0.717) is 0 Å². The average Bonchev–Trinajstić information content (AvgIpc) is 3.39. The molecule has 0 unspecified atom stereocenters. The monoisotopic (exact) mass is 1050 g/mol. The third kappa shape index (κ3) is 17.5. The molecular formula is C60H92N4NiP4+4. The van der Waals surface area contributed by atoms with Crippen LogP contribution in [0, 0.1) is 0 Å². The Kier molecular flexibility index (Phi) is 23.4. The summed E-state index contributed by atoms with van der Waals surface area (Å²) in [6.07, 6.45) is 41.1. The van der Waals surface area contributed by atoms with Crippen molar-refractivity contribution in [1.82, 2.24) is 19.6 Å². The van der Waals surface area contributed by atoms with Crippen molar-refractivity contribution in [2.45, 2.75) is 177 Å². The van der Waals surface area contributed by atoms with Crippen molar-refractivity contribution >= 4 is 31.7 Å². The summed E-state index contributed by atoms with van der Waals surface area (Å²) in [6, 6.07) is 45.5. The number of benzene rings is 4. The second-order valence-electron chi connectivity index (χ2n) is 22.5. The van der Waals surface area contributed by atoms with Crippen molar-refractivity contribution < 1.29 is 16.5 Å². The molecule has 0 bridgehead atoms. The Labute approximate surface area is 436 Å². The maximum atomic E-state index is 2.97. The molecule has 4 saturated carbocycles. The second kappa shape index (κ2) is 29.7. The minimum Gasteiger partial charge on any atom is -0.234 e. The van der Waals surface area contributed by atoms with Gasteiger partial charge in [0.25, 0.3) is 0 Å². The Morgan fingerprint density at radius 1 is 0.261 bits per heavy atom. The molecule has 69 heavy (non-hydrogen) atoms. The third-order valence-corrected chi connectivity index (χ3v) is 30.9. The SMILES string of the molecule is [Ni].c1ccc(CN2C[PH+](C3CCCCC3)CN(Cc3ccccc3)C[PH+](C3CCCCC3)C2)cc1.c1ccc(CN2C[PH+](C3CCCCC3)CN(Cc3ccccc3)C[PH+](C3CCCCC3)C2)cc1. The van der Waals surface area contributed by atoms with Gasteiger partial charge in [0.2, 0.25) is 0 Å². The molecule has 9 heteroatoms. The van der Waals surface area contributed by atoms with E-state index in [-0.39, 0.29) is 16.5 Å². The van der Waals surface area contributed by atoms with Gasteiger partial charge in [-0.1, -0.05) is 147 Å². The topological polar surface area (TPSA) is 13.0 Å². The van der Waals surface area contributed by atoms with Crippen molar-refractivity contribution in [1.29, 1.82) is 0 Å². The minimum absolute atomic E-state index is 0. The van der Waals surface area contributed by atoms with Crippen LogP contribution in [0.25, 0.3) is 0 Å². The molecule has 0 amide bonds. The fourth-order valence-electron chi connectivity index (χ4n) is 13.6. The zero-order valence-corrected chi connectivity index (χ0v) is 47.6. The summed E-state index contributed by atoms with van der Waals surface area (Å²) < 4.78 is 0. The first kappa shape index (κ1) is 54.2. The summed E-state index contributed by atoms with van der Waals surface area (Å²) in [4.78, 5) is 11.9. The molecule has 10 rings (SSSR count). The van der Waals surface area contributed by atoms with Gasteiger partial charge in [-0.25, -0.2) is 19.6 Å². The van der Waals surface area contributed by atoms with E-state index >= 15 is 0 Å². The summed E-state index contributed by atoms with van der Waals surface area (Å²) in [5.41, 5.74) is 10.2. The summed E-state index contributed by atoms with van der Waals surface area (Å²) in [6.45, 7) is 4.73. The smallest absolute Gasteiger partial charge is 0.114 e. The van der Waals surface area contributed by atoms with Crippen molar-refractivity contribution in [2.75, 3.05) is 50.3 Å². The molecule has 4 nitrogen and oxygen atoms in total. The quantitative estimate of drug-likeness (QED) is 0.104. The van der Waals surface area contributed by atoms with Crippen LogP contribution in [0.3, 0.4) is 0 Å². The Bertz CT molecular complexity index is 1650. The molecule has 4 aliphatic carbocycles. The van der Waals surface area contributed by atoms with Crippen molar-refractivity contribution in [3.05, 3.63) is 144 Å². The van der Waals surface area contributed by atoms with E-state index in [2.05, 4.69) is 141 Å². The van der Waals surface area contributed by atoms with Gasteiger partial charge in [-0.05, 0) is 125 Å². The van der Waals surface area contributed by atoms with Gasteiger partial charge in [-0.3, -0.25) is 0 Å².